The number of carbonyl (C=O) groups is 2. The van der Waals surface area contributed by atoms with E-state index in [1.54, 1.807) is 13.8 Å². The quantitative estimate of drug-likeness (QED) is 0.602. The molecule has 0 aromatic heterocycles. The third-order valence-electron chi connectivity index (χ3n) is 5.23. The Hall–Kier alpha value is -2.90. The highest BCUT2D eigenvalue weighted by Gasteiger charge is 2.33. The van der Waals surface area contributed by atoms with Crippen molar-refractivity contribution in [2.45, 2.75) is 58.3 Å². The average Bonchev–Trinajstić information content (AvgIpc) is 3.07. The topological polar surface area (TPSA) is 85.9 Å². The van der Waals surface area contributed by atoms with E-state index < -0.39 is 29.7 Å². The van der Waals surface area contributed by atoms with Crippen LogP contribution >= 0.6 is 0 Å². The highest BCUT2D eigenvalue weighted by Crippen LogP contribution is 2.44. The van der Waals surface area contributed by atoms with E-state index >= 15 is 0 Å². The Morgan fingerprint density at radius 2 is 1.56 bits per heavy atom. The molecule has 7 heteroatoms. The fourth-order valence-corrected chi connectivity index (χ4v) is 4.00. The highest BCUT2D eigenvalue weighted by atomic mass is 16.7. The van der Waals surface area contributed by atoms with Crippen molar-refractivity contribution in [3.8, 4) is 11.1 Å². The lowest BCUT2D eigenvalue weighted by Gasteiger charge is -2.30. The van der Waals surface area contributed by atoms with Crippen LogP contribution < -0.4 is 10.8 Å². The maximum atomic E-state index is 12.7. The Kier molecular flexibility index (Phi) is 7.53. The van der Waals surface area contributed by atoms with Gasteiger partial charge >= 0.3 is 6.09 Å². The van der Waals surface area contributed by atoms with Crippen molar-refractivity contribution in [1.82, 2.24) is 10.8 Å². The molecule has 0 bridgehead atoms. The van der Waals surface area contributed by atoms with Gasteiger partial charge in [-0.05, 0) is 56.9 Å². The minimum atomic E-state index is -0.976. The minimum absolute atomic E-state index is 0.0629. The van der Waals surface area contributed by atoms with E-state index in [9.17, 15) is 9.59 Å². The molecular weight excluding hydrogens is 408 g/mol. The summed E-state index contributed by atoms with van der Waals surface area (Å²) >= 11 is 0. The van der Waals surface area contributed by atoms with E-state index in [2.05, 4.69) is 35.1 Å². The number of benzene rings is 2. The van der Waals surface area contributed by atoms with E-state index in [4.69, 9.17) is 14.3 Å². The molecule has 172 valence electrons. The summed E-state index contributed by atoms with van der Waals surface area (Å²) < 4.78 is 11.5. The number of hydroxylamine groups is 1. The van der Waals surface area contributed by atoms with Crippen LogP contribution in [0.25, 0.3) is 11.1 Å². The van der Waals surface area contributed by atoms with E-state index in [1.165, 1.54) is 0 Å². The summed E-state index contributed by atoms with van der Waals surface area (Å²) in [6, 6.07) is 15.3. The van der Waals surface area contributed by atoms with Gasteiger partial charge in [-0.25, -0.2) is 10.3 Å². The maximum absolute atomic E-state index is 12.7. The zero-order valence-electron chi connectivity index (χ0n) is 19.3. The van der Waals surface area contributed by atoms with Crippen LogP contribution in [0, 0.1) is 0 Å². The predicted octanol–water partition coefficient (Wildman–Crippen LogP) is 4.17. The maximum Gasteiger partial charge on any atom is 0.407 e. The summed E-state index contributed by atoms with van der Waals surface area (Å²) in [5.41, 5.74) is 6.39. The molecule has 7 nitrogen and oxygen atoms in total. The molecule has 2 aromatic rings. The van der Waals surface area contributed by atoms with Gasteiger partial charge in [0.25, 0.3) is 5.91 Å². The van der Waals surface area contributed by atoms with Crippen molar-refractivity contribution in [3.05, 3.63) is 59.7 Å². The largest absolute Gasteiger partial charge is 0.449 e. The molecule has 2 N–H and O–H groups in total. The molecule has 0 aliphatic heterocycles. The summed E-state index contributed by atoms with van der Waals surface area (Å²) in [6.07, 6.45) is -1.29. The SMILES string of the molecule is CCONC(=O)[C@@H](NC(=O)OCC1c2ccccc2-c2ccccc21)[C@@H](C)OC(C)(C)C. The van der Waals surface area contributed by atoms with Crippen LogP contribution in [-0.4, -0.2) is 43.0 Å². The lowest BCUT2D eigenvalue weighted by Crippen LogP contribution is -2.54. The van der Waals surface area contributed by atoms with Gasteiger partial charge in [0.05, 0.1) is 18.3 Å². The van der Waals surface area contributed by atoms with Crippen LogP contribution in [-0.2, 0) is 19.1 Å². The third kappa shape index (κ3) is 5.66. The van der Waals surface area contributed by atoms with Gasteiger partial charge in [-0.2, -0.15) is 0 Å². The Bertz CT molecular complexity index is 908. The number of carbonyl (C=O) groups excluding carboxylic acids is 2. The van der Waals surface area contributed by atoms with E-state index in [1.807, 2.05) is 45.0 Å². The fraction of sp³-hybridized carbons (Fsp3) is 0.440. The molecule has 0 spiro atoms. The van der Waals surface area contributed by atoms with Gasteiger partial charge in [-0.3, -0.25) is 9.63 Å². The Labute approximate surface area is 189 Å². The van der Waals surface area contributed by atoms with Gasteiger partial charge in [-0.1, -0.05) is 48.5 Å². The molecule has 0 radical (unpaired) electrons. The van der Waals surface area contributed by atoms with Crippen LogP contribution in [0.3, 0.4) is 0 Å². The molecule has 0 fully saturated rings. The molecule has 2 atom stereocenters. The van der Waals surface area contributed by atoms with Crippen LogP contribution in [0.15, 0.2) is 48.5 Å². The van der Waals surface area contributed by atoms with Crippen LogP contribution in [0.2, 0.25) is 0 Å². The monoisotopic (exact) mass is 440 g/mol. The Balaban J connectivity index is 1.69. The van der Waals surface area contributed by atoms with Crippen molar-refractivity contribution in [2.24, 2.45) is 0 Å². The van der Waals surface area contributed by atoms with Crippen LogP contribution in [0.1, 0.15) is 51.7 Å². The normalized spacial score (nSPS) is 14.8. The Morgan fingerprint density at radius 1 is 1.00 bits per heavy atom. The van der Waals surface area contributed by atoms with Gasteiger partial charge < -0.3 is 14.8 Å². The first-order valence-corrected chi connectivity index (χ1v) is 10.9. The Morgan fingerprint density at radius 3 is 2.09 bits per heavy atom. The molecule has 0 saturated heterocycles. The van der Waals surface area contributed by atoms with Crippen LogP contribution in [0.4, 0.5) is 4.79 Å². The first kappa shape index (κ1) is 23.8. The fourth-order valence-electron chi connectivity index (χ4n) is 4.00. The number of nitrogens with one attached hydrogen (secondary N) is 2. The molecule has 1 aliphatic carbocycles. The second kappa shape index (κ2) is 10.1. The molecule has 1 aliphatic rings. The lowest BCUT2D eigenvalue weighted by molar-refractivity contribution is -0.142. The molecule has 2 aromatic carbocycles. The summed E-state index contributed by atoms with van der Waals surface area (Å²) in [5.74, 6) is -0.566. The summed E-state index contributed by atoms with van der Waals surface area (Å²) in [6.45, 7) is 9.59. The van der Waals surface area contributed by atoms with Crippen molar-refractivity contribution < 1.29 is 23.9 Å². The van der Waals surface area contributed by atoms with Gasteiger partial charge in [0.15, 0.2) is 0 Å². The minimum Gasteiger partial charge on any atom is -0.449 e. The van der Waals surface area contributed by atoms with Gasteiger partial charge in [-0.15, -0.1) is 0 Å². The van der Waals surface area contributed by atoms with Gasteiger partial charge in [0.2, 0.25) is 0 Å². The number of ether oxygens (including phenoxy) is 2. The zero-order valence-corrected chi connectivity index (χ0v) is 19.3. The molecule has 32 heavy (non-hydrogen) atoms. The number of hydrogen-bond acceptors (Lipinski definition) is 5. The number of fused-ring (bicyclic) bond motifs is 3. The molecule has 3 rings (SSSR count). The highest BCUT2D eigenvalue weighted by molar-refractivity contribution is 5.85. The van der Waals surface area contributed by atoms with E-state index in [-0.39, 0.29) is 12.5 Å². The van der Waals surface area contributed by atoms with Crippen LogP contribution in [0.5, 0.6) is 0 Å². The zero-order chi connectivity index (χ0) is 23.3. The van der Waals surface area contributed by atoms with E-state index in [0.29, 0.717) is 6.61 Å². The predicted molar refractivity (Wildman–Crippen MR) is 122 cm³/mol. The standard InChI is InChI=1S/C25H32N2O5/c1-6-31-27-23(28)22(16(2)32-25(3,4)5)26-24(29)30-15-21-19-13-9-7-11-17(19)18-12-8-10-14-20(18)21/h7-14,16,21-22H,6,15H2,1-5H3,(H,26,29)(H,27,28)/t16-,22+/m1/s1. The molecule has 0 saturated carbocycles. The molecule has 2 amide bonds. The number of hydrogen-bond donors (Lipinski definition) is 2. The first-order valence-electron chi connectivity index (χ1n) is 10.9. The molecule has 0 unspecified atom stereocenters. The smallest absolute Gasteiger partial charge is 0.407 e. The van der Waals surface area contributed by atoms with Crippen molar-refractivity contribution in [2.75, 3.05) is 13.2 Å². The summed E-state index contributed by atoms with van der Waals surface area (Å²) in [5, 5.41) is 2.64. The number of rotatable bonds is 8. The molecular formula is C25H32N2O5. The molecule has 0 heterocycles. The third-order valence-corrected chi connectivity index (χ3v) is 5.23. The number of alkyl carbamates (subject to hydrolysis) is 1. The van der Waals surface area contributed by atoms with E-state index in [0.717, 1.165) is 22.3 Å². The van der Waals surface area contributed by atoms with Crippen molar-refractivity contribution in [3.63, 3.8) is 0 Å². The van der Waals surface area contributed by atoms with Gasteiger partial charge in [0, 0.05) is 5.92 Å². The number of amides is 2. The van der Waals surface area contributed by atoms with Crippen molar-refractivity contribution >= 4 is 12.0 Å². The van der Waals surface area contributed by atoms with Crippen molar-refractivity contribution in [1.29, 1.82) is 0 Å². The second-order valence-electron chi connectivity index (χ2n) is 8.78. The summed E-state index contributed by atoms with van der Waals surface area (Å²) in [7, 11) is 0. The van der Waals surface area contributed by atoms with Gasteiger partial charge in [0.1, 0.15) is 12.6 Å². The summed E-state index contributed by atoms with van der Waals surface area (Å²) in [4.78, 5) is 30.2. The lowest BCUT2D eigenvalue weighted by atomic mass is 9.98. The first-order chi connectivity index (χ1) is 15.2. The second-order valence-corrected chi connectivity index (χ2v) is 8.78. The average molecular weight is 441 g/mol.